The Hall–Kier alpha value is -0.570. The molecule has 0 unspecified atom stereocenters. The summed E-state index contributed by atoms with van der Waals surface area (Å²) in [4.78, 5) is 14.3. The van der Waals surface area contributed by atoms with E-state index in [1.165, 1.54) is 25.7 Å². The topological polar surface area (TPSA) is 46.3 Å². The van der Waals surface area contributed by atoms with Gasteiger partial charge in [-0.25, -0.2) is 0 Å². The molecule has 1 aliphatic carbocycles. The summed E-state index contributed by atoms with van der Waals surface area (Å²) in [6.45, 7) is 2.46. The second-order valence-corrected chi connectivity index (χ2v) is 4.69. The highest BCUT2D eigenvalue weighted by Crippen LogP contribution is 2.39. The molecule has 80 valence electrons. The Morgan fingerprint density at radius 1 is 1.14 bits per heavy atom. The van der Waals surface area contributed by atoms with E-state index in [2.05, 4.69) is 0 Å². The van der Waals surface area contributed by atoms with Gasteiger partial charge in [0.15, 0.2) is 0 Å². The summed E-state index contributed by atoms with van der Waals surface area (Å²) in [6.07, 6.45) is 6.73. The van der Waals surface area contributed by atoms with E-state index in [0.717, 1.165) is 25.9 Å². The highest BCUT2D eigenvalue weighted by atomic mass is 16.2. The van der Waals surface area contributed by atoms with E-state index >= 15 is 0 Å². The maximum atomic E-state index is 12.2. The fourth-order valence-electron chi connectivity index (χ4n) is 2.81. The van der Waals surface area contributed by atoms with Crippen LogP contribution in [0.4, 0.5) is 0 Å². The molecule has 2 aliphatic rings. The Morgan fingerprint density at radius 3 is 2.21 bits per heavy atom. The number of hydrogen-bond donors (Lipinski definition) is 1. The SMILES string of the molecule is NCC1(C(=O)N2CCCC2)CCCC1. The van der Waals surface area contributed by atoms with Gasteiger partial charge >= 0.3 is 0 Å². The molecule has 1 heterocycles. The summed E-state index contributed by atoms with van der Waals surface area (Å²) >= 11 is 0. The minimum atomic E-state index is -0.176. The van der Waals surface area contributed by atoms with Crippen LogP contribution in [0.2, 0.25) is 0 Å². The fraction of sp³-hybridized carbons (Fsp3) is 0.909. The molecular weight excluding hydrogens is 176 g/mol. The molecule has 2 N–H and O–H groups in total. The van der Waals surface area contributed by atoms with E-state index in [1.54, 1.807) is 0 Å². The number of carbonyl (C=O) groups is 1. The maximum Gasteiger partial charge on any atom is 0.230 e. The first-order chi connectivity index (χ1) is 6.78. The van der Waals surface area contributed by atoms with Crippen molar-refractivity contribution in [2.45, 2.75) is 38.5 Å². The predicted octanol–water partition coefficient (Wildman–Crippen LogP) is 1.13. The molecule has 3 nitrogen and oxygen atoms in total. The zero-order valence-electron chi connectivity index (χ0n) is 8.80. The molecule has 0 atom stereocenters. The molecule has 1 saturated carbocycles. The van der Waals surface area contributed by atoms with Crippen LogP contribution >= 0.6 is 0 Å². The van der Waals surface area contributed by atoms with E-state index in [-0.39, 0.29) is 5.41 Å². The normalized spacial score (nSPS) is 25.6. The summed E-state index contributed by atoms with van der Waals surface area (Å²) in [7, 11) is 0. The molecule has 0 spiro atoms. The standard InChI is InChI=1S/C11H20N2O/c12-9-11(5-1-2-6-11)10(14)13-7-3-4-8-13/h1-9,12H2. The molecule has 1 amide bonds. The average molecular weight is 196 g/mol. The molecule has 0 aromatic heterocycles. The van der Waals surface area contributed by atoms with Gasteiger partial charge in [-0.3, -0.25) is 4.79 Å². The molecule has 0 radical (unpaired) electrons. The van der Waals surface area contributed by atoms with Gasteiger partial charge < -0.3 is 10.6 Å². The Bertz CT molecular complexity index is 215. The predicted molar refractivity (Wildman–Crippen MR) is 55.8 cm³/mol. The second-order valence-electron chi connectivity index (χ2n) is 4.69. The minimum absolute atomic E-state index is 0.176. The quantitative estimate of drug-likeness (QED) is 0.719. The van der Waals surface area contributed by atoms with Crippen molar-refractivity contribution >= 4 is 5.91 Å². The first-order valence-electron chi connectivity index (χ1n) is 5.78. The lowest BCUT2D eigenvalue weighted by atomic mass is 9.85. The summed E-state index contributed by atoms with van der Waals surface area (Å²) in [5, 5.41) is 0. The molecule has 0 bridgehead atoms. The van der Waals surface area contributed by atoms with Crippen molar-refractivity contribution in [1.29, 1.82) is 0 Å². The van der Waals surface area contributed by atoms with Gasteiger partial charge in [0.25, 0.3) is 0 Å². The van der Waals surface area contributed by atoms with Crippen LogP contribution in [0.1, 0.15) is 38.5 Å². The number of hydrogen-bond acceptors (Lipinski definition) is 2. The van der Waals surface area contributed by atoms with Crippen molar-refractivity contribution in [3.05, 3.63) is 0 Å². The summed E-state index contributed by atoms with van der Waals surface area (Å²) in [5.74, 6) is 0.343. The lowest BCUT2D eigenvalue weighted by Crippen LogP contribution is -2.45. The van der Waals surface area contributed by atoms with Crippen molar-refractivity contribution < 1.29 is 4.79 Å². The monoisotopic (exact) mass is 196 g/mol. The maximum absolute atomic E-state index is 12.2. The van der Waals surface area contributed by atoms with Gasteiger partial charge in [-0.1, -0.05) is 12.8 Å². The number of amides is 1. The second kappa shape index (κ2) is 3.89. The average Bonchev–Trinajstić information content (AvgIpc) is 2.89. The number of rotatable bonds is 2. The van der Waals surface area contributed by atoms with Gasteiger partial charge in [-0.15, -0.1) is 0 Å². The van der Waals surface area contributed by atoms with E-state index in [9.17, 15) is 4.79 Å². The van der Waals surface area contributed by atoms with E-state index < -0.39 is 0 Å². The van der Waals surface area contributed by atoms with E-state index in [0.29, 0.717) is 12.5 Å². The molecule has 14 heavy (non-hydrogen) atoms. The molecule has 3 heteroatoms. The molecular formula is C11H20N2O. The number of nitrogens with zero attached hydrogens (tertiary/aromatic N) is 1. The highest BCUT2D eigenvalue weighted by molar-refractivity contribution is 5.83. The third-order valence-corrected chi connectivity index (χ3v) is 3.80. The van der Waals surface area contributed by atoms with Crippen molar-refractivity contribution in [2.75, 3.05) is 19.6 Å². The van der Waals surface area contributed by atoms with Crippen LogP contribution in [0, 0.1) is 5.41 Å². The minimum Gasteiger partial charge on any atom is -0.342 e. The third-order valence-electron chi connectivity index (χ3n) is 3.80. The first kappa shape index (κ1) is 9.97. The Labute approximate surface area is 85.6 Å². The lowest BCUT2D eigenvalue weighted by Gasteiger charge is -2.30. The van der Waals surface area contributed by atoms with Gasteiger partial charge in [0.2, 0.25) is 5.91 Å². The van der Waals surface area contributed by atoms with Crippen molar-refractivity contribution in [1.82, 2.24) is 4.90 Å². The van der Waals surface area contributed by atoms with E-state index in [1.807, 2.05) is 4.90 Å². The summed E-state index contributed by atoms with van der Waals surface area (Å²) in [6, 6.07) is 0. The van der Waals surface area contributed by atoms with Crippen LogP contribution in [0.5, 0.6) is 0 Å². The largest absolute Gasteiger partial charge is 0.342 e. The van der Waals surface area contributed by atoms with Crippen LogP contribution in [0.3, 0.4) is 0 Å². The smallest absolute Gasteiger partial charge is 0.230 e. The zero-order chi connectivity index (χ0) is 10.0. The van der Waals surface area contributed by atoms with Crippen molar-refractivity contribution in [2.24, 2.45) is 11.1 Å². The zero-order valence-corrected chi connectivity index (χ0v) is 8.80. The molecule has 2 rings (SSSR count). The van der Waals surface area contributed by atoms with Crippen LogP contribution in [-0.2, 0) is 4.79 Å². The summed E-state index contributed by atoms with van der Waals surface area (Å²) in [5.41, 5.74) is 5.61. The lowest BCUT2D eigenvalue weighted by molar-refractivity contribution is -0.140. The van der Waals surface area contributed by atoms with Crippen LogP contribution < -0.4 is 5.73 Å². The Kier molecular flexibility index (Phi) is 2.77. The Morgan fingerprint density at radius 2 is 1.71 bits per heavy atom. The van der Waals surface area contributed by atoms with Crippen LogP contribution in [0.25, 0.3) is 0 Å². The van der Waals surface area contributed by atoms with Crippen LogP contribution in [-0.4, -0.2) is 30.4 Å². The number of nitrogens with two attached hydrogens (primary N) is 1. The molecule has 2 fully saturated rings. The molecule has 1 saturated heterocycles. The van der Waals surface area contributed by atoms with Crippen molar-refractivity contribution in [3.8, 4) is 0 Å². The van der Waals surface area contributed by atoms with Gasteiger partial charge in [-0.2, -0.15) is 0 Å². The molecule has 1 aliphatic heterocycles. The fourth-order valence-corrected chi connectivity index (χ4v) is 2.81. The highest BCUT2D eigenvalue weighted by Gasteiger charge is 2.42. The number of carbonyl (C=O) groups excluding carboxylic acids is 1. The Balaban J connectivity index is 2.06. The molecule has 0 aromatic carbocycles. The van der Waals surface area contributed by atoms with E-state index in [4.69, 9.17) is 5.73 Å². The van der Waals surface area contributed by atoms with Gasteiger partial charge in [-0.05, 0) is 25.7 Å². The van der Waals surface area contributed by atoms with Crippen molar-refractivity contribution in [3.63, 3.8) is 0 Å². The summed E-state index contributed by atoms with van der Waals surface area (Å²) < 4.78 is 0. The van der Waals surface area contributed by atoms with Crippen LogP contribution in [0.15, 0.2) is 0 Å². The van der Waals surface area contributed by atoms with Gasteiger partial charge in [0.1, 0.15) is 0 Å². The van der Waals surface area contributed by atoms with Gasteiger partial charge in [0.05, 0.1) is 5.41 Å². The third kappa shape index (κ3) is 1.54. The van der Waals surface area contributed by atoms with Gasteiger partial charge in [0, 0.05) is 19.6 Å². The first-order valence-corrected chi connectivity index (χ1v) is 5.78. The molecule has 0 aromatic rings. The number of likely N-dealkylation sites (tertiary alicyclic amines) is 1.